The van der Waals surface area contributed by atoms with E-state index in [1.807, 2.05) is 32.9 Å². The van der Waals surface area contributed by atoms with Crippen LogP contribution in [-0.4, -0.2) is 123 Å². The molecule has 0 saturated carbocycles. The Labute approximate surface area is 468 Å². The zero-order valence-corrected chi connectivity index (χ0v) is 45.8. The first-order valence-corrected chi connectivity index (χ1v) is 26.4. The number of ether oxygens (including phenoxy) is 2. The highest BCUT2D eigenvalue weighted by atomic mass is 16.5. The monoisotopic (exact) mass is 1120 g/mol. The number of hydrogen-bond donors (Lipinski definition) is 12. The third kappa shape index (κ3) is 25.2. The molecule has 11 amide bonds. The number of benzene rings is 3. The van der Waals surface area contributed by atoms with E-state index in [2.05, 4.69) is 53.2 Å². The Hall–Kier alpha value is -8.61. The summed E-state index contributed by atoms with van der Waals surface area (Å²) in [4.78, 5) is 141. The van der Waals surface area contributed by atoms with Crippen molar-refractivity contribution in [3.8, 4) is 0 Å². The fourth-order valence-electron chi connectivity index (χ4n) is 7.83. The van der Waals surface area contributed by atoms with Crippen LogP contribution < -0.4 is 64.6 Å². The molecule has 436 valence electrons. The topological polar surface area (TPSA) is 379 Å². The van der Waals surface area contributed by atoms with Crippen LogP contribution in [0.5, 0.6) is 0 Å². The second-order valence-corrected chi connectivity index (χ2v) is 19.4. The third-order valence-electron chi connectivity index (χ3n) is 12.4. The van der Waals surface area contributed by atoms with Crippen molar-refractivity contribution in [1.82, 2.24) is 42.5 Å². The lowest BCUT2D eigenvalue weighted by Crippen LogP contribution is -2.58. The van der Waals surface area contributed by atoms with E-state index in [1.165, 1.54) is 12.1 Å². The Morgan fingerprint density at radius 1 is 0.550 bits per heavy atom. The molecule has 5 atom stereocenters. The van der Waals surface area contributed by atoms with Crippen molar-refractivity contribution in [3.05, 3.63) is 95.1 Å². The van der Waals surface area contributed by atoms with Gasteiger partial charge in [-0.1, -0.05) is 71.0 Å². The van der Waals surface area contributed by atoms with Crippen LogP contribution in [0.1, 0.15) is 109 Å². The number of amides is 11. The second-order valence-electron chi connectivity index (χ2n) is 19.4. The summed E-state index contributed by atoms with van der Waals surface area (Å²) in [6.45, 7) is 8.89. The summed E-state index contributed by atoms with van der Waals surface area (Å²) >= 11 is 0. The lowest BCUT2D eigenvalue weighted by Gasteiger charge is -2.28. The van der Waals surface area contributed by atoms with E-state index in [9.17, 15) is 52.7 Å². The van der Waals surface area contributed by atoms with Gasteiger partial charge >= 0.3 is 12.1 Å². The van der Waals surface area contributed by atoms with Gasteiger partial charge < -0.3 is 74.1 Å². The molecule has 25 nitrogen and oxygen atoms in total. The minimum absolute atomic E-state index is 0.00837. The summed E-state index contributed by atoms with van der Waals surface area (Å²) in [7, 11) is 0. The lowest BCUT2D eigenvalue weighted by atomic mass is 10.0. The smallest absolute Gasteiger partial charge is 0.312 e. The van der Waals surface area contributed by atoms with E-state index in [4.69, 9.17) is 23.7 Å². The minimum atomic E-state index is -1.57. The zero-order chi connectivity index (χ0) is 60.7. The van der Waals surface area contributed by atoms with Crippen LogP contribution >= 0.6 is 0 Å². The summed E-state index contributed by atoms with van der Waals surface area (Å²) < 4.78 is 23.3. The number of aryl methyl sites for hydroxylation is 1. The molecule has 80 heavy (non-hydrogen) atoms. The number of rotatable bonds is 35. The molecular weight excluding hydrogens is 1040 g/mol. The van der Waals surface area contributed by atoms with Gasteiger partial charge in [-0.2, -0.15) is 0 Å². The van der Waals surface area contributed by atoms with Gasteiger partial charge in [0.2, 0.25) is 35.4 Å². The molecule has 3 aromatic carbocycles. The second kappa shape index (κ2) is 35.7. The maximum atomic E-state index is 14.4. The van der Waals surface area contributed by atoms with Crippen molar-refractivity contribution in [1.29, 1.82) is 0 Å². The number of hydrogen-bond acceptors (Lipinski definition) is 14. The van der Waals surface area contributed by atoms with Gasteiger partial charge in [0.1, 0.15) is 31.3 Å². The average molecular weight is 1120 g/mol. The van der Waals surface area contributed by atoms with Crippen LogP contribution in [0.25, 0.3) is 0 Å². The molecule has 0 aliphatic heterocycles. The first kappa shape index (κ1) is 62.2. The first-order valence-electron chi connectivity index (χ1n) is 27.4. The highest BCUT2D eigenvalue weighted by molar-refractivity contribution is 6.00. The van der Waals surface area contributed by atoms with Gasteiger partial charge in [0.15, 0.2) is 2.74 Å². The summed E-state index contributed by atoms with van der Waals surface area (Å²) in [6.07, 6.45) is -1.58. The number of carbonyl (C=O) groups excluding carboxylic acids is 11. The third-order valence-corrected chi connectivity index (χ3v) is 12.4. The predicted molar refractivity (Wildman–Crippen MR) is 297 cm³/mol. The maximum absolute atomic E-state index is 14.4. The SMILES string of the molecule is [2H]C(=O)OCc1ccc(NC(=O)C(CCCNC(N)=O)NCC(NC(=O)CC(NC(=O)CCCNC(=O)c2ccc(CC)cc2)C(=O)NC(C(=O)NC(CCCNC(N)=O)C(=O)Nc2ccc(COC([2H])=O)cc2)C(C)C)C(C)C)cc1. The lowest BCUT2D eigenvalue weighted by molar-refractivity contribution is -0.135. The molecule has 0 bridgehead atoms. The number of primary amides is 2. The Morgan fingerprint density at radius 3 is 1.54 bits per heavy atom. The van der Waals surface area contributed by atoms with Crippen LogP contribution in [0.2, 0.25) is 0 Å². The van der Waals surface area contributed by atoms with Crippen LogP contribution in [0.3, 0.4) is 0 Å². The largest absolute Gasteiger partial charge is 0.463 e. The molecular formula is C55H78N12O13. The maximum Gasteiger partial charge on any atom is 0.312 e. The number of urea groups is 2. The van der Waals surface area contributed by atoms with Crippen molar-refractivity contribution >= 4 is 77.7 Å². The molecule has 0 aliphatic carbocycles. The summed E-state index contributed by atoms with van der Waals surface area (Å²) in [5.41, 5.74) is 13.8. The van der Waals surface area contributed by atoms with Crippen molar-refractivity contribution < 1.29 is 65.0 Å². The van der Waals surface area contributed by atoms with Crippen molar-refractivity contribution in [2.75, 3.05) is 36.8 Å². The van der Waals surface area contributed by atoms with Crippen LogP contribution in [0, 0.1) is 11.8 Å². The van der Waals surface area contributed by atoms with Crippen molar-refractivity contribution in [2.24, 2.45) is 23.3 Å². The highest BCUT2D eigenvalue weighted by Crippen LogP contribution is 2.15. The average Bonchev–Trinajstić information content (AvgIpc) is 3.43. The standard InChI is InChI=1S/C55H78N12O13/c1-6-36-13-19-39(20-14-36)49(72)58-25-9-12-46(70)64-44(28-47(71)65-45(34(2)3)29-61-42(10-7-26-59-54(56)77)50(73)62-40-21-15-37(16-22-40)30-79-32-68)52(75)67-48(35(4)5)53(76)66-43(11-8-27-60-55(57)78)51(74)63-41-23-17-38(18-24-41)31-80-33-69/h13-24,32-35,42-45,48,61H,6-12,25-31H2,1-5H3,(H,58,72)(H,62,73)(H,63,74)(H,64,70)(H,65,71)(H,66,76)(H,67,75)(H3,56,59,77)(H3,57,60,78)/i32D,33D. The number of anilines is 2. The first-order chi connectivity index (χ1) is 38.9. The molecule has 0 radical (unpaired) electrons. The van der Waals surface area contributed by atoms with Gasteiger partial charge in [-0.3, -0.25) is 43.2 Å². The fourth-order valence-corrected chi connectivity index (χ4v) is 7.83. The molecule has 25 heteroatoms. The summed E-state index contributed by atoms with van der Waals surface area (Å²) in [6, 6.07) is 12.4. The van der Waals surface area contributed by atoms with Crippen molar-refractivity contribution in [3.63, 3.8) is 0 Å². The van der Waals surface area contributed by atoms with Gasteiger partial charge in [0, 0.05) is 55.6 Å². The van der Waals surface area contributed by atoms with Gasteiger partial charge in [-0.25, -0.2) is 9.59 Å². The molecule has 0 aliphatic rings. The molecule has 3 aromatic rings. The van der Waals surface area contributed by atoms with E-state index >= 15 is 0 Å². The fraction of sp³-hybridized carbons (Fsp3) is 0.473. The van der Waals surface area contributed by atoms with E-state index in [1.54, 1.807) is 62.4 Å². The van der Waals surface area contributed by atoms with Crippen LogP contribution in [0.4, 0.5) is 21.0 Å². The normalized spacial score (nSPS) is 13.0. The molecule has 0 fully saturated rings. The molecule has 0 spiro atoms. The van der Waals surface area contributed by atoms with Gasteiger partial charge in [0.25, 0.3) is 18.8 Å². The predicted octanol–water partition coefficient (Wildman–Crippen LogP) is 1.88. The highest BCUT2D eigenvalue weighted by Gasteiger charge is 2.33. The number of nitrogens with two attached hydrogens (primary N) is 2. The van der Waals surface area contributed by atoms with Gasteiger partial charge in [-0.05, 0) is 103 Å². The summed E-state index contributed by atoms with van der Waals surface area (Å²) in [5, 5.41) is 27.2. The van der Waals surface area contributed by atoms with E-state index in [-0.39, 0.29) is 83.3 Å². The Morgan fingerprint density at radius 2 is 1.05 bits per heavy atom. The molecule has 0 aromatic heterocycles. The Balaban J connectivity index is 1.84. The van der Waals surface area contributed by atoms with Gasteiger partial charge in [0.05, 0.1) is 12.5 Å². The number of carbonyl (C=O) groups is 11. The van der Waals surface area contributed by atoms with Crippen molar-refractivity contribution in [2.45, 2.75) is 129 Å². The summed E-state index contributed by atoms with van der Waals surface area (Å²) in [5.74, 6) is -5.44. The van der Waals surface area contributed by atoms with E-state index in [0.29, 0.717) is 34.5 Å². The quantitative estimate of drug-likeness (QED) is 0.0296. The minimum Gasteiger partial charge on any atom is -0.463 e. The van der Waals surface area contributed by atoms with E-state index in [0.717, 1.165) is 12.0 Å². The molecule has 14 N–H and O–H groups in total. The molecule has 0 heterocycles. The Bertz CT molecular complexity index is 2630. The zero-order valence-electron chi connectivity index (χ0n) is 47.8. The molecule has 0 saturated heterocycles. The Kier molecular flexibility index (Phi) is 27.8. The van der Waals surface area contributed by atoms with E-state index < -0.39 is 103 Å². The number of nitrogens with one attached hydrogen (secondary N) is 10. The molecule has 5 unspecified atom stereocenters. The van der Waals surface area contributed by atoms with Crippen LogP contribution in [-0.2, 0) is 67.5 Å². The van der Waals surface area contributed by atoms with Crippen LogP contribution in [0.15, 0.2) is 72.8 Å². The molecule has 3 rings (SSSR count). The van der Waals surface area contributed by atoms with Gasteiger partial charge in [-0.15, -0.1) is 0 Å².